The predicted molar refractivity (Wildman–Crippen MR) is 197 cm³/mol. The molecule has 0 bridgehead atoms. The van der Waals surface area contributed by atoms with Crippen molar-refractivity contribution >= 4 is 40.7 Å². The largest absolute Gasteiger partial charge is 0.444 e. The molecule has 0 aliphatic rings. The van der Waals surface area contributed by atoms with Gasteiger partial charge in [0, 0.05) is 24.7 Å². The van der Waals surface area contributed by atoms with Crippen LogP contribution in [0.1, 0.15) is 60.3 Å². The third-order valence-electron chi connectivity index (χ3n) is 8.13. The summed E-state index contributed by atoms with van der Waals surface area (Å²) in [5, 5.41) is 23.5. The van der Waals surface area contributed by atoms with Crippen LogP contribution in [0.15, 0.2) is 77.8 Å². The summed E-state index contributed by atoms with van der Waals surface area (Å²) in [7, 11) is 1.68. The molecule has 0 saturated carbocycles. The van der Waals surface area contributed by atoms with Crippen LogP contribution >= 0.6 is 22.7 Å². The van der Waals surface area contributed by atoms with Crippen molar-refractivity contribution in [1.29, 1.82) is 0 Å². The summed E-state index contributed by atoms with van der Waals surface area (Å²) >= 11 is 2.97. The second-order valence-corrected chi connectivity index (χ2v) is 14.6. The molecule has 4 aromatic rings. The Morgan fingerprint density at radius 2 is 1.62 bits per heavy atom. The number of hydrogen-bond donors (Lipinski definition) is 4. The number of aryl methyl sites for hydroxylation is 1. The molecule has 0 fully saturated rings. The van der Waals surface area contributed by atoms with Gasteiger partial charge in [-0.15, -0.1) is 22.7 Å². The molecular formula is C37H48N6O5S2. The van der Waals surface area contributed by atoms with Gasteiger partial charge in [-0.05, 0) is 49.1 Å². The van der Waals surface area contributed by atoms with E-state index in [9.17, 15) is 19.5 Å². The van der Waals surface area contributed by atoms with Gasteiger partial charge in [0.15, 0.2) is 0 Å². The van der Waals surface area contributed by atoms with Gasteiger partial charge >= 0.3 is 12.1 Å². The maximum atomic E-state index is 13.9. The number of amides is 4. The topological polar surface area (TPSA) is 146 Å². The number of aromatic nitrogens is 2. The lowest BCUT2D eigenvalue weighted by atomic mass is 9.93. The molecule has 4 rings (SSSR count). The van der Waals surface area contributed by atoms with Crippen LogP contribution in [0, 0.1) is 5.92 Å². The van der Waals surface area contributed by atoms with Crippen molar-refractivity contribution in [3.05, 3.63) is 104 Å². The fourth-order valence-corrected chi connectivity index (χ4v) is 6.87. The Balaban J connectivity index is 1.46. The molecule has 2 aromatic carbocycles. The van der Waals surface area contributed by atoms with Gasteiger partial charge in [0.2, 0.25) is 5.91 Å². The van der Waals surface area contributed by atoms with E-state index in [0.29, 0.717) is 19.4 Å². The standard InChI is InChI=1S/C37H48N6O5S2/c1-5-12-33-39-29(23-49-33)21-43(4)36(46)42-34(25(2)3)35(45)40-28(17-26-13-8-6-9-14-26)19-32(44)31(18-27-15-10-7-11-16-27)41-37(47)48-22-30-20-38-24-50-30/h6-11,13-16,20,23-25,28,31-32,34,44H,5,12,17-19,21-22H2,1-4H3,(H,40,45)(H,41,47)(H,42,46)/t28-,31-,32-,34-/m0/s1. The van der Waals surface area contributed by atoms with Gasteiger partial charge < -0.3 is 30.7 Å². The normalized spacial score (nSPS) is 13.6. The zero-order valence-corrected chi connectivity index (χ0v) is 30.7. The Hall–Kier alpha value is -4.33. The highest BCUT2D eigenvalue weighted by Crippen LogP contribution is 2.17. The van der Waals surface area contributed by atoms with Crippen molar-refractivity contribution in [2.75, 3.05) is 7.05 Å². The van der Waals surface area contributed by atoms with Crippen LogP contribution in [0.2, 0.25) is 0 Å². The molecule has 0 spiro atoms. The average Bonchev–Trinajstić information content (AvgIpc) is 3.79. The minimum Gasteiger partial charge on any atom is -0.444 e. The minimum absolute atomic E-state index is 0.0680. The molecule has 2 heterocycles. The highest BCUT2D eigenvalue weighted by molar-refractivity contribution is 7.09. The van der Waals surface area contributed by atoms with Crippen LogP contribution in [-0.4, -0.2) is 69.3 Å². The van der Waals surface area contributed by atoms with Gasteiger partial charge in [0.1, 0.15) is 12.6 Å². The third kappa shape index (κ3) is 12.5. The number of urea groups is 1. The van der Waals surface area contributed by atoms with E-state index < -0.39 is 30.3 Å². The number of aliphatic hydroxyl groups excluding tert-OH is 1. The van der Waals surface area contributed by atoms with Gasteiger partial charge in [-0.25, -0.2) is 14.6 Å². The summed E-state index contributed by atoms with van der Waals surface area (Å²) < 4.78 is 5.43. The van der Waals surface area contributed by atoms with Crippen LogP contribution in [0.4, 0.5) is 9.59 Å². The Bertz CT molecular complexity index is 1600. The molecule has 0 aliphatic heterocycles. The monoisotopic (exact) mass is 720 g/mol. The summed E-state index contributed by atoms with van der Waals surface area (Å²) in [5.41, 5.74) is 4.37. The lowest BCUT2D eigenvalue weighted by molar-refractivity contribution is -0.124. The number of hydrogen-bond acceptors (Lipinski definition) is 9. The first-order valence-corrected chi connectivity index (χ1v) is 18.7. The lowest BCUT2D eigenvalue weighted by Crippen LogP contribution is -2.55. The first-order chi connectivity index (χ1) is 24.1. The van der Waals surface area contributed by atoms with E-state index in [1.807, 2.05) is 79.9 Å². The second kappa shape index (κ2) is 19.8. The average molecular weight is 721 g/mol. The van der Waals surface area contributed by atoms with E-state index >= 15 is 0 Å². The van der Waals surface area contributed by atoms with Crippen molar-refractivity contribution in [2.24, 2.45) is 5.92 Å². The Kier molecular flexibility index (Phi) is 15.2. The summed E-state index contributed by atoms with van der Waals surface area (Å²) in [6.45, 7) is 6.25. The number of aliphatic hydroxyl groups is 1. The molecule has 0 unspecified atom stereocenters. The molecule has 13 heteroatoms. The van der Waals surface area contributed by atoms with Crippen LogP contribution in [0.25, 0.3) is 0 Å². The molecule has 0 saturated heterocycles. The quantitative estimate of drug-likeness (QED) is 0.103. The van der Waals surface area contributed by atoms with Gasteiger partial charge in [0.05, 0.1) is 39.8 Å². The van der Waals surface area contributed by atoms with E-state index in [0.717, 1.165) is 39.5 Å². The van der Waals surface area contributed by atoms with Crippen molar-refractivity contribution in [2.45, 2.75) is 90.3 Å². The van der Waals surface area contributed by atoms with E-state index in [2.05, 4.69) is 32.8 Å². The molecule has 4 amide bonds. The first kappa shape index (κ1) is 38.5. The zero-order valence-electron chi connectivity index (χ0n) is 29.1. The molecule has 11 nitrogen and oxygen atoms in total. The predicted octanol–water partition coefficient (Wildman–Crippen LogP) is 5.73. The molecule has 0 radical (unpaired) electrons. The fraction of sp³-hybridized carbons (Fsp3) is 0.432. The number of rotatable bonds is 18. The molecule has 268 valence electrons. The zero-order chi connectivity index (χ0) is 35.9. The Morgan fingerprint density at radius 1 is 0.940 bits per heavy atom. The van der Waals surface area contributed by atoms with E-state index in [-0.39, 0.29) is 30.9 Å². The number of carbonyl (C=O) groups excluding carboxylic acids is 3. The lowest BCUT2D eigenvalue weighted by Gasteiger charge is -2.30. The maximum Gasteiger partial charge on any atom is 0.407 e. The Morgan fingerprint density at radius 3 is 2.24 bits per heavy atom. The van der Waals surface area contributed by atoms with Crippen LogP contribution in [0.5, 0.6) is 0 Å². The van der Waals surface area contributed by atoms with Crippen molar-refractivity contribution in [3.8, 4) is 0 Å². The van der Waals surface area contributed by atoms with Crippen LogP contribution in [-0.2, 0) is 41.9 Å². The minimum atomic E-state index is -1.05. The van der Waals surface area contributed by atoms with Crippen LogP contribution < -0.4 is 16.0 Å². The maximum absolute atomic E-state index is 13.9. The molecule has 0 aliphatic carbocycles. The van der Waals surface area contributed by atoms with Gasteiger partial charge in [-0.1, -0.05) is 81.4 Å². The summed E-state index contributed by atoms with van der Waals surface area (Å²) in [4.78, 5) is 51.0. The van der Waals surface area contributed by atoms with Gasteiger partial charge in [-0.3, -0.25) is 9.78 Å². The second-order valence-electron chi connectivity index (χ2n) is 12.7. The van der Waals surface area contributed by atoms with E-state index in [1.165, 1.54) is 16.2 Å². The van der Waals surface area contributed by atoms with Crippen molar-refractivity contribution < 1.29 is 24.2 Å². The van der Waals surface area contributed by atoms with E-state index in [4.69, 9.17) is 4.74 Å². The third-order valence-corrected chi connectivity index (χ3v) is 9.84. The van der Waals surface area contributed by atoms with Crippen molar-refractivity contribution in [1.82, 2.24) is 30.8 Å². The molecule has 2 aromatic heterocycles. The summed E-state index contributed by atoms with van der Waals surface area (Å²) in [5.74, 6) is -0.573. The smallest absolute Gasteiger partial charge is 0.407 e. The van der Waals surface area contributed by atoms with Gasteiger partial charge in [-0.2, -0.15) is 0 Å². The first-order valence-electron chi connectivity index (χ1n) is 16.9. The molecule has 4 N–H and O–H groups in total. The number of nitrogens with one attached hydrogen (secondary N) is 3. The fourth-order valence-electron chi connectivity index (χ4n) is 5.48. The summed E-state index contributed by atoms with van der Waals surface area (Å²) in [6.07, 6.45) is 2.74. The Labute approximate surface area is 302 Å². The van der Waals surface area contributed by atoms with Crippen molar-refractivity contribution in [3.63, 3.8) is 0 Å². The number of thiazole rings is 2. The molecule has 4 atom stereocenters. The number of alkyl carbamates (subject to hydrolysis) is 1. The number of carbonyl (C=O) groups is 3. The highest BCUT2D eigenvalue weighted by atomic mass is 32.1. The van der Waals surface area contributed by atoms with E-state index in [1.54, 1.807) is 30.1 Å². The highest BCUT2D eigenvalue weighted by Gasteiger charge is 2.31. The SMILES string of the molecule is CCCc1nc(CN(C)C(=O)N[C@H](C(=O)N[C@@H](Cc2ccccc2)C[C@H](O)[C@H](Cc2ccccc2)NC(=O)OCc2cncs2)C(C)C)cs1. The molecule has 50 heavy (non-hydrogen) atoms. The number of nitrogens with zero attached hydrogens (tertiary/aromatic N) is 3. The number of benzene rings is 2. The van der Waals surface area contributed by atoms with Crippen LogP contribution in [0.3, 0.4) is 0 Å². The number of ether oxygens (including phenoxy) is 1. The molecular weight excluding hydrogens is 673 g/mol. The van der Waals surface area contributed by atoms with Gasteiger partial charge in [0.25, 0.3) is 0 Å². The summed E-state index contributed by atoms with van der Waals surface area (Å²) in [6, 6.07) is 16.8.